The molecule has 0 aliphatic rings. The summed E-state index contributed by atoms with van der Waals surface area (Å²) >= 11 is 0. The van der Waals surface area contributed by atoms with Crippen LogP contribution in [-0.2, 0) is 11.2 Å². The first-order valence-corrected chi connectivity index (χ1v) is 10.3. The van der Waals surface area contributed by atoms with Crippen molar-refractivity contribution in [2.45, 2.75) is 19.4 Å². The van der Waals surface area contributed by atoms with Crippen LogP contribution in [0.2, 0.25) is 0 Å². The molecule has 2 heterocycles. The van der Waals surface area contributed by atoms with Crippen LogP contribution in [0.25, 0.3) is 11.1 Å². The maximum atomic E-state index is 13.1. The molecule has 1 amide bonds. The van der Waals surface area contributed by atoms with Crippen molar-refractivity contribution < 1.29 is 4.79 Å². The lowest BCUT2D eigenvalue weighted by Crippen LogP contribution is -2.34. The van der Waals surface area contributed by atoms with Gasteiger partial charge in [-0.15, -0.1) is 0 Å². The van der Waals surface area contributed by atoms with E-state index < -0.39 is 6.04 Å². The molecule has 1 atom stereocenters. The molecule has 0 spiro atoms. The van der Waals surface area contributed by atoms with Crippen molar-refractivity contribution >= 4 is 11.7 Å². The summed E-state index contributed by atoms with van der Waals surface area (Å²) in [7, 11) is 0. The van der Waals surface area contributed by atoms with Gasteiger partial charge in [-0.1, -0.05) is 60.2 Å². The van der Waals surface area contributed by atoms with E-state index in [0.717, 1.165) is 23.1 Å². The summed E-state index contributed by atoms with van der Waals surface area (Å²) in [5, 5.41) is 13.1. The lowest BCUT2D eigenvalue weighted by molar-refractivity contribution is -0.118. The average molecular weight is 412 g/mol. The van der Waals surface area contributed by atoms with Crippen molar-refractivity contribution in [3.63, 3.8) is 0 Å². The molecule has 0 radical (unpaired) electrons. The molecule has 2 aromatic carbocycles. The fourth-order valence-electron chi connectivity index (χ4n) is 3.37. The number of pyridine rings is 1. The van der Waals surface area contributed by atoms with Crippen molar-refractivity contribution in [1.29, 1.82) is 0 Å². The van der Waals surface area contributed by atoms with Crippen LogP contribution in [0.1, 0.15) is 22.7 Å². The first kappa shape index (κ1) is 20.5. The Kier molecular flexibility index (Phi) is 6.50. The van der Waals surface area contributed by atoms with E-state index in [0.29, 0.717) is 12.4 Å². The van der Waals surface area contributed by atoms with Gasteiger partial charge in [-0.3, -0.25) is 9.89 Å². The molecule has 0 aliphatic heterocycles. The smallest absolute Gasteiger partial charge is 0.247 e. The van der Waals surface area contributed by atoms with Crippen LogP contribution in [0.15, 0.2) is 85.3 Å². The van der Waals surface area contributed by atoms with E-state index in [1.807, 2.05) is 36.4 Å². The molecule has 0 saturated carbocycles. The summed E-state index contributed by atoms with van der Waals surface area (Å²) in [6.45, 7) is 2.76. The van der Waals surface area contributed by atoms with E-state index in [4.69, 9.17) is 0 Å². The fraction of sp³-hybridized carbons (Fsp3) is 0.160. The highest BCUT2D eigenvalue weighted by Crippen LogP contribution is 2.19. The number of hydrogen-bond donors (Lipinski definition) is 3. The minimum absolute atomic E-state index is 0.140. The summed E-state index contributed by atoms with van der Waals surface area (Å²) in [5.74, 6) is 0.372. The van der Waals surface area contributed by atoms with E-state index in [-0.39, 0.29) is 5.91 Å². The highest BCUT2D eigenvalue weighted by atomic mass is 16.2. The number of aromatic amines is 1. The van der Waals surface area contributed by atoms with Gasteiger partial charge in [0, 0.05) is 30.1 Å². The van der Waals surface area contributed by atoms with E-state index in [1.54, 1.807) is 24.7 Å². The third-order valence-electron chi connectivity index (χ3n) is 5.12. The maximum absolute atomic E-state index is 13.1. The number of nitrogens with one attached hydrogen (secondary N) is 3. The number of hydrogen-bond acceptors (Lipinski definition) is 4. The predicted molar refractivity (Wildman–Crippen MR) is 123 cm³/mol. The number of rotatable bonds is 8. The number of carbonyl (C=O) groups excluding carboxylic acids is 1. The second-order valence-electron chi connectivity index (χ2n) is 7.44. The van der Waals surface area contributed by atoms with Gasteiger partial charge in [-0.05, 0) is 36.6 Å². The second kappa shape index (κ2) is 9.82. The molecule has 31 heavy (non-hydrogen) atoms. The second-order valence-corrected chi connectivity index (χ2v) is 7.44. The molecular weight excluding hydrogens is 386 g/mol. The summed E-state index contributed by atoms with van der Waals surface area (Å²) in [4.78, 5) is 17.5. The Labute approximate surface area is 181 Å². The van der Waals surface area contributed by atoms with Crippen LogP contribution < -0.4 is 10.6 Å². The topological polar surface area (TPSA) is 82.7 Å². The molecule has 156 valence electrons. The molecule has 1 unspecified atom stereocenters. The van der Waals surface area contributed by atoms with Gasteiger partial charge in [0.05, 0.1) is 6.20 Å². The molecule has 4 rings (SSSR count). The van der Waals surface area contributed by atoms with Crippen molar-refractivity contribution in [2.24, 2.45) is 0 Å². The highest BCUT2D eigenvalue weighted by molar-refractivity contribution is 5.94. The van der Waals surface area contributed by atoms with Crippen LogP contribution in [0.3, 0.4) is 0 Å². The molecule has 2 aromatic heterocycles. The standard InChI is InChI=1S/C25H25N5O/c1-18-7-9-19(10-8-18)13-14-26-24(20-5-3-2-4-6-20)25(31)30-23-12-11-21(15-27-23)22-16-28-29-17-22/h2-12,15-17,24,26H,13-14H2,1H3,(H,28,29)(H,27,30,31). The Morgan fingerprint density at radius 2 is 1.77 bits per heavy atom. The number of carbonyl (C=O) groups is 1. The number of aromatic nitrogens is 3. The van der Waals surface area contributed by atoms with Crippen molar-refractivity contribution in [3.05, 3.63) is 102 Å². The molecule has 6 nitrogen and oxygen atoms in total. The first-order valence-electron chi connectivity index (χ1n) is 10.3. The summed E-state index contributed by atoms with van der Waals surface area (Å²) in [5.41, 5.74) is 5.28. The molecule has 3 N–H and O–H groups in total. The molecule has 0 fully saturated rings. The summed E-state index contributed by atoms with van der Waals surface area (Å²) in [6, 6.07) is 21.4. The number of H-pyrrole nitrogens is 1. The van der Waals surface area contributed by atoms with Crippen LogP contribution >= 0.6 is 0 Å². The maximum Gasteiger partial charge on any atom is 0.247 e. The largest absolute Gasteiger partial charge is 0.309 e. The van der Waals surface area contributed by atoms with Gasteiger partial charge < -0.3 is 10.6 Å². The summed E-state index contributed by atoms with van der Waals surface area (Å²) in [6.07, 6.45) is 6.11. The predicted octanol–water partition coefficient (Wildman–Crippen LogP) is 4.29. The Balaban J connectivity index is 1.43. The van der Waals surface area contributed by atoms with E-state index in [9.17, 15) is 4.79 Å². The van der Waals surface area contributed by atoms with Gasteiger partial charge in [0.25, 0.3) is 0 Å². The highest BCUT2D eigenvalue weighted by Gasteiger charge is 2.20. The van der Waals surface area contributed by atoms with Gasteiger partial charge in [-0.2, -0.15) is 5.10 Å². The van der Waals surface area contributed by atoms with Crippen LogP contribution in [0.4, 0.5) is 5.82 Å². The minimum Gasteiger partial charge on any atom is -0.309 e. The van der Waals surface area contributed by atoms with E-state index in [2.05, 4.69) is 57.0 Å². The SMILES string of the molecule is Cc1ccc(CCNC(C(=O)Nc2ccc(-c3cn[nH]c3)cn2)c2ccccc2)cc1. The van der Waals surface area contributed by atoms with Crippen LogP contribution in [-0.4, -0.2) is 27.6 Å². The Morgan fingerprint density at radius 1 is 0.968 bits per heavy atom. The quantitative estimate of drug-likeness (QED) is 0.404. The Morgan fingerprint density at radius 3 is 2.45 bits per heavy atom. The molecule has 0 bridgehead atoms. The van der Waals surface area contributed by atoms with Gasteiger partial charge in [-0.25, -0.2) is 4.98 Å². The average Bonchev–Trinajstić information content (AvgIpc) is 3.34. The Bertz CT molecular complexity index is 1090. The number of benzene rings is 2. The molecule has 0 aliphatic carbocycles. The van der Waals surface area contributed by atoms with E-state index >= 15 is 0 Å². The molecule has 4 aromatic rings. The van der Waals surface area contributed by atoms with Crippen LogP contribution in [0.5, 0.6) is 0 Å². The van der Waals surface area contributed by atoms with Crippen LogP contribution in [0, 0.1) is 6.92 Å². The van der Waals surface area contributed by atoms with Crippen molar-refractivity contribution in [2.75, 3.05) is 11.9 Å². The Hall–Kier alpha value is -3.77. The van der Waals surface area contributed by atoms with Crippen molar-refractivity contribution in [3.8, 4) is 11.1 Å². The number of nitrogens with zero attached hydrogens (tertiary/aromatic N) is 2. The van der Waals surface area contributed by atoms with Gasteiger partial charge >= 0.3 is 0 Å². The van der Waals surface area contributed by atoms with Gasteiger partial charge in [0.2, 0.25) is 5.91 Å². The monoisotopic (exact) mass is 411 g/mol. The van der Waals surface area contributed by atoms with Gasteiger partial charge in [0.1, 0.15) is 11.9 Å². The first-order chi connectivity index (χ1) is 15.2. The van der Waals surface area contributed by atoms with Crippen molar-refractivity contribution in [1.82, 2.24) is 20.5 Å². The number of amides is 1. The zero-order valence-electron chi connectivity index (χ0n) is 17.4. The molecule has 0 saturated heterocycles. The zero-order chi connectivity index (χ0) is 21.5. The minimum atomic E-state index is -0.470. The normalized spacial score (nSPS) is 11.8. The lowest BCUT2D eigenvalue weighted by Gasteiger charge is -2.19. The number of anilines is 1. The zero-order valence-corrected chi connectivity index (χ0v) is 17.4. The third kappa shape index (κ3) is 5.43. The molecule has 6 heteroatoms. The van der Waals surface area contributed by atoms with E-state index in [1.165, 1.54) is 11.1 Å². The number of aryl methyl sites for hydroxylation is 1. The molecular formula is C25H25N5O. The third-order valence-corrected chi connectivity index (χ3v) is 5.12. The van der Waals surface area contributed by atoms with Gasteiger partial charge in [0.15, 0.2) is 0 Å². The summed E-state index contributed by atoms with van der Waals surface area (Å²) < 4.78 is 0. The fourth-order valence-corrected chi connectivity index (χ4v) is 3.37. The lowest BCUT2D eigenvalue weighted by atomic mass is 10.1.